The topological polar surface area (TPSA) is 50.8 Å². The first-order valence-electron chi connectivity index (χ1n) is 7.70. The standard InChI is InChI=1S/C18H19F3N2O3/c1-11-14(5-4-6-15(11)26-17(20)21)22-18(24)23(2)10-12-7-8-16(25-3)13(19)9-12/h4-9,17H,10H2,1-3H3,(H,22,24). The molecule has 0 fully saturated rings. The van der Waals surface area contributed by atoms with Crippen molar-refractivity contribution in [1.29, 1.82) is 0 Å². The van der Waals surface area contributed by atoms with Crippen LogP contribution in [0.25, 0.3) is 0 Å². The summed E-state index contributed by atoms with van der Waals surface area (Å²) in [6, 6.07) is 8.40. The molecule has 2 rings (SSSR count). The van der Waals surface area contributed by atoms with Crippen molar-refractivity contribution in [1.82, 2.24) is 4.90 Å². The molecule has 0 aromatic heterocycles. The van der Waals surface area contributed by atoms with Crippen LogP contribution in [0.4, 0.5) is 23.7 Å². The monoisotopic (exact) mass is 368 g/mol. The Labute approximate surface area is 149 Å². The van der Waals surface area contributed by atoms with Crippen LogP contribution in [0.3, 0.4) is 0 Å². The number of rotatable bonds is 6. The molecule has 1 N–H and O–H groups in total. The van der Waals surface area contributed by atoms with Gasteiger partial charge in [0.2, 0.25) is 0 Å². The number of carbonyl (C=O) groups is 1. The number of hydrogen-bond acceptors (Lipinski definition) is 3. The van der Waals surface area contributed by atoms with E-state index in [0.717, 1.165) is 0 Å². The van der Waals surface area contributed by atoms with Crippen molar-refractivity contribution in [2.45, 2.75) is 20.1 Å². The van der Waals surface area contributed by atoms with Crippen LogP contribution in [0.15, 0.2) is 36.4 Å². The van der Waals surface area contributed by atoms with Crippen LogP contribution in [0.1, 0.15) is 11.1 Å². The predicted octanol–water partition coefficient (Wildman–Crippen LogP) is 4.41. The van der Waals surface area contributed by atoms with Gasteiger partial charge in [0.25, 0.3) is 0 Å². The first kappa shape index (κ1) is 19.4. The zero-order chi connectivity index (χ0) is 19.3. The maximum atomic E-state index is 13.7. The SMILES string of the molecule is COc1ccc(CN(C)C(=O)Nc2cccc(OC(F)F)c2C)cc1F. The average molecular weight is 368 g/mol. The van der Waals surface area contributed by atoms with Gasteiger partial charge < -0.3 is 19.7 Å². The highest BCUT2D eigenvalue weighted by atomic mass is 19.3. The van der Waals surface area contributed by atoms with Gasteiger partial charge in [-0.15, -0.1) is 0 Å². The Morgan fingerprint density at radius 3 is 2.58 bits per heavy atom. The van der Waals surface area contributed by atoms with Gasteiger partial charge in [-0.25, -0.2) is 9.18 Å². The molecule has 140 valence electrons. The lowest BCUT2D eigenvalue weighted by molar-refractivity contribution is -0.0502. The number of amides is 2. The van der Waals surface area contributed by atoms with E-state index in [1.165, 1.54) is 43.3 Å². The van der Waals surface area contributed by atoms with Gasteiger partial charge in [-0.05, 0) is 36.8 Å². The van der Waals surface area contributed by atoms with E-state index in [2.05, 4.69) is 10.1 Å². The second kappa shape index (κ2) is 8.46. The summed E-state index contributed by atoms with van der Waals surface area (Å²) in [5.41, 5.74) is 1.30. The molecule has 0 atom stereocenters. The Hall–Kier alpha value is -2.90. The highest BCUT2D eigenvalue weighted by Gasteiger charge is 2.15. The third-order valence-electron chi connectivity index (χ3n) is 3.72. The van der Waals surface area contributed by atoms with Crippen LogP contribution in [0, 0.1) is 12.7 Å². The highest BCUT2D eigenvalue weighted by Crippen LogP contribution is 2.27. The molecule has 0 saturated heterocycles. The van der Waals surface area contributed by atoms with Crippen LogP contribution in [-0.2, 0) is 6.54 Å². The van der Waals surface area contributed by atoms with Crippen molar-refractivity contribution >= 4 is 11.7 Å². The third-order valence-corrected chi connectivity index (χ3v) is 3.72. The fourth-order valence-electron chi connectivity index (χ4n) is 2.34. The fraction of sp³-hybridized carbons (Fsp3) is 0.278. The molecule has 8 heteroatoms. The first-order chi connectivity index (χ1) is 12.3. The lowest BCUT2D eigenvalue weighted by Crippen LogP contribution is -2.31. The van der Waals surface area contributed by atoms with Crippen molar-refractivity contribution in [3.8, 4) is 11.5 Å². The highest BCUT2D eigenvalue weighted by molar-refractivity contribution is 5.90. The van der Waals surface area contributed by atoms with E-state index in [9.17, 15) is 18.0 Å². The number of alkyl halides is 2. The summed E-state index contributed by atoms with van der Waals surface area (Å²) in [5, 5.41) is 2.62. The normalized spacial score (nSPS) is 10.6. The van der Waals surface area contributed by atoms with E-state index in [0.29, 0.717) is 16.8 Å². The molecule has 0 aliphatic rings. The second-order valence-electron chi connectivity index (χ2n) is 5.56. The van der Waals surface area contributed by atoms with Gasteiger partial charge in [-0.2, -0.15) is 8.78 Å². The minimum atomic E-state index is -2.95. The molecule has 0 radical (unpaired) electrons. The number of hydrogen-bond donors (Lipinski definition) is 1. The summed E-state index contributed by atoms with van der Waals surface area (Å²) < 4.78 is 47.8. The number of carbonyl (C=O) groups excluding carboxylic acids is 1. The zero-order valence-electron chi connectivity index (χ0n) is 14.6. The molecule has 0 aliphatic heterocycles. The second-order valence-corrected chi connectivity index (χ2v) is 5.56. The first-order valence-corrected chi connectivity index (χ1v) is 7.70. The van der Waals surface area contributed by atoms with E-state index < -0.39 is 18.5 Å². The molecule has 0 bridgehead atoms. The van der Waals surface area contributed by atoms with Crippen molar-refractivity contribution in [2.24, 2.45) is 0 Å². The number of anilines is 1. The van der Waals surface area contributed by atoms with Crippen LogP contribution in [-0.4, -0.2) is 31.7 Å². The van der Waals surface area contributed by atoms with Gasteiger partial charge in [0.05, 0.1) is 7.11 Å². The number of nitrogens with one attached hydrogen (secondary N) is 1. The number of ether oxygens (including phenoxy) is 2. The van der Waals surface area contributed by atoms with E-state index in [4.69, 9.17) is 4.74 Å². The Bertz CT molecular complexity index is 784. The molecule has 2 amide bonds. The summed E-state index contributed by atoms with van der Waals surface area (Å²) in [7, 11) is 2.90. The van der Waals surface area contributed by atoms with Crippen LogP contribution in [0.5, 0.6) is 11.5 Å². The maximum Gasteiger partial charge on any atom is 0.387 e. The third kappa shape index (κ3) is 4.81. The molecule has 2 aromatic carbocycles. The molecule has 0 heterocycles. The van der Waals surface area contributed by atoms with Gasteiger partial charge in [0, 0.05) is 24.8 Å². The van der Waals surface area contributed by atoms with E-state index in [1.54, 1.807) is 19.1 Å². The average Bonchev–Trinajstić information content (AvgIpc) is 2.58. The maximum absolute atomic E-state index is 13.7. The minimum absolute atomic E-state index is 0.0160. The summed E-state index contributed by atoms with van der Waals surface area (Å²) in [4.78, 5) is 13.7. The number of halogens is 3. The van der Waals surface area contributed by atoms with Gasteiger partial charge in [0.1, 0.15) is 5.75 Å². The van der Waals surface area contributed by atoms with Gasteiger partial charge >= 0.3 is 12.6 Å². The van der Waals surface area contributed by atoms with Crippen molar-refractivity contribution in [2.75, 3.05) is 19.5 Å². The molecular weight excluding hydrogens is 349 g/mol. The lowest BCUT2D eigenvalue weighted by atomic mass is 10.2. The Balaban J connectivity index is 2.06. The molecule has 0 spiro atoms. The summed E-state index contributed by atoms with van der Waals surface area (Å²) in [5.74, 6) is -0.420. The lowest BCUT2D eigenvalue weighted by Gasteiger charge is -2.20. The van der Waals surface area contributed by atoms with Crippen LogP contribution in [0.2, 0.25) is 0 Å². The molecule has 0 aliphatic carbocycles. The summed E-state index contributed by atoms with van der Waals surface area (Å²) in [6.07, 6.45) is 0. The van der Waals surface area contributed by atoms with E-state index >= 15 is 0 Å². The van der Waals surface area contributed by atoms with Gasteiger partial charge in [-0.1, -0.05) is 12.1 Å². The molecule has 5 nitrogen and oxygen atoms in total. The number of benzene rings is 2. The Morgan fingerprint density at radius 1 is 1.23 bits per heavy atom. The van der Waals surface area contributed by atoms with Gasteiger partial charge in [0.15, 0.2) is 11.6 Å². The zero-order valence-corrected chi connectivity index (χ0v) is 14.6. The van der Waals surface area contributed by atoms with Crippen LogP contribution < -0.4 is 14.8 Å². The summed E-state index contributed by atoms with van der Waals surface area (Å²) >= 11 is 0. The molecule has 0 saturated carbocycles. The number of urea groups is 1. The summed E-state index contributed by atoms with van der Waals surface area (Å²) in [6.45, 7) is -1.24. The molecular formula is C18H19F3N2O3. The van der Waals surface area contributed by atoms with Crippen LogP contribution >= 0.6 is 0 Å². The van der Waals surface area contributed by atoms with Crippen molar-refractivity contribution < 1.29 is 27.4 Å². The quantitative estimate of drug-likeness (QED) is 0.822. The van der Waals surface area contributed by atoms with Crippen molar-refractivity contribution in [3.63, 3.8) is 0 Å². The smallest absolute Gasteiger partial charge is 0.387 e. The molecule has 26 heavy (non-hydrogen) atoms. The molecule has 0 unspecified atom stereocenters. The van der Waals surface area contributed by atoms with Crippen molar-refractivity contribution in [3.05, 3.63) is 53.3 Å². The number of nitrogens with zero attached hydrogens (tertiary/aromatic N) is 1. The molecule has 2 aromatic rings. The Morgan fingerprint density at radius 2 is 1.96 bits per heavy atom. The Kier molecular flexibility index (Phi) is 6.32. The van der Waals surface area contributed by atoms with E-state index in [1.807, 2.05) is 0 Å². The predicted molar refractivity (Wildman–Crippen MR) is 91.2 cm³/mol. The van der Waals surface area contributed by atoms with E-state index in [-0.39, 0.29) is 18.0 Å². The largest absolute Gasteiger partial charge is 0.494 e. The minimum Gasteiger partial charge on any atom is -0.494 e. The number of methoxy groups -OCH3 is 1. The van der Waals surface area contributed by atoms with Gasteiger partial charge in [-0.3, -0.25) is 0 Å². The fourth-order valence-corrected chi connectivity index (χ4v) is 2.34.